The molecular weight excluding hydrogens is 236 g/mol. The van der Waals surface area contributed by atoms with Crippen LogP contribution in [-0.4, -0.2) is 22.9 Å². The molecule has 5 heteroatoms. The molecule has 0 unspecified atom stereocenters. The van der Waals surface area contributed by atoms with E-state index in [4.69, 9.17) is 4.74 Å². The van der Waals surface area contributed by atoms with Crippen molar-refractivity contribution in [3.05, 3.63) is 39.5 Å². The van der Waals surface area contributed by atoms with Gasteiger partial charge < -0.3 is 4.74 Å². The Balaban J connectivity index is 2.43. The van der Waals surface area contributed by atoms with E-state index in [9.17, 15) is 4.79 Å². The highest BCUT2D eigenvalue weighted by Gasteiger charge is 2.19. The summed E-state index contributed by atoms with van der Waals surface area (Å²) in [6, 6.07) is 1.87. The molecule has 0 fully saturated rings. The van der Waals surface area contributed by atoms with Gasteiger partial charge in [0, 0.05) is 17.3 Å². The summed E-state index contributed by atoms with van der Waals surface area (Å²) in [7, 11) is 1.48. The van der Waals surface area contributed by atoms with Crippen LogP contribution in [0.2, 0.25) is 0 Å². The lowest BCUT2D eigenvalue weighted by Gasteiger charge is -2.02. The molecule has 2 heterocycles. The van der Waals surface area contributed by atoms with Crippen molar-refractivity contribution in [3.8, 4) is 5.88 Å². The van der Waals surface area contributed by atoms with E-state index < -0.39 is 0 Å². The minimum atomic E-state index is -0.142. The van der Waals surface area contributed by atoms with E-state index in [0.29, 0.717) is 4.88 Å². The molecule has 0 saturated carbocycles. The van der Waals surface area contributed by atoms with E-state index in [-0.39, 0.29) is 17.4 Å². The maximum absolute atomic E-state index is 12.2. The van der Waals surface area contributed by atoms with Crippen LogP contribution in [0, 0.1) is 13.8 Å². The van der Waals surface area contributed by atoms with Crippen molar-refractivity contribution in [1.29, 1.82) is 0 Å². The van der Waals surface area contributed by atoms with Gasteiger partial charge >= 0.3 is 0 Å². The molecule has 0 aromatic carbocycles. The van der Waals surface area contributed by atoms with Gasteiger partial charge in [-0.25, -0.2) is 9.97 Å². The van der Waals surface area contributed by atoms with Gasteiger partial charge in [-0.2, -0.15) is 0 Å². The number of methoxy groups -OCH3 is 1. The van der Waals surface area contributed by atoms with E-state index in [1.165, 1.54) is 30.8 Å². The van der Waals surface area contributed by atoms with Gasteiger partial charge in [0.1, 0.15) is 0 Å². The standard InChI is InChI=1S/C12H12N2O2S/c1-7-6-9(17-8(7)2)11(15)10-12(16-3)14-5-4-13-10/h4-6H,1-3H3. The van der Waals surface area contributed by atoms with Crippen molar-refractivity contribution in [1.82, 2.24) is 9.97 Å². The topological polar surface area (TPSA) is 52.1 Å². The van der Waals surface area contributed by atoms with Gasteiger partial charge in [0.25, 0.3) is 0 Å². The quantitative estimate of drug-likeness (QED) is 0.783. The molecule has 0 bridgehead atoms. The number of ketones is 1. The zero-order chi connectivity index (χ0) is 12.4. The maximum Gasteiger partial charge on any atom is 0.243 e. The Bertz CT molecular complexity index is 544. The van der Waals surface area contributed by atoms with Crippen LogP contribution >= 0.6 is 11.3 Å². The fraction of sp³-hybridized carbons (Fsp3) is 0.250. The molecule has 2 rings (SSSR count). The predicted octanol–water partition coefficient (Wildman–Crippen LogP) is 2.39. The molecule has 0 amide bonds. The summed E-state index contributed by atoms with van der Waals surface area (Å²) in [6.07, 6.45) is 2.99. The largest absolute Gasteiger partial charge is 0.479 e. The van der Waals surface area contributed by atoms with Gasteiger partial charge in [-0.05, 0) is 25.5 Å². The van der Waals surface area contributed by atoms with E-state index in [2.05, 4.69) is 9.97 Å². The van der Waals surface area contributed by atoms with Crippen LogP contribution in [0.3, 0.4) is 0 Å². The van der Waals surface area contributed by atoms with Crippen molar-refractivity contribution in [2.45, 2.75) is 13.8 Å². The Morgan fingerprint density at radius 3 is 2.59 bits per heavy atom. The van der Waals surface area contributed by atoms with Crippen molar-refractivity contribution in [3.63, 3.8) is 0 Å². The van der Waals surface area contributed by atoms with E-state index in [1.54, 1.807) is 0 Å². The second-order valence-electron chi connectivity index (χ2n) is 3.59. The first kappa shape index (κ1) is 11.7. The lowest BCUT2D eigenvalue weighted by atomic mass is 10.2. The van der Waals surface area contributed by atoms with E-state index in [1.807, 2.05) is 19.9 Å². The monoisotopic (exact) mass is 248 g/mol. The fourth-order valence-electron chi connectivity index (χ4n) is 1.43. The average molecular weight is 248 g/mol. The summed E-state index contributed by atoms with van der Waals surface area (Å²) in [6.45, 7) is 3.97. The lowest BCUT2D eigenvalue weighted by molar-refractivity contribution is 0.103. The van der Waals surface area contributed by atoms with Gasteiger partial charge in [-0.15, -0.1) is 11.3 Å². The van der Waals surface area contributed by atoms with Crippen LogP contribution in [0.15, 0.2) is 18.5 Å². The van der Waals surface area contributed by atoms with Crippen molar-refractivity contribution in [2.24, 2.45) is 0 Å². The molecular formula is C12H12N2O2S. The first-order valence-electron chi connectivity index (χ1n) is 5.10. The predicted molar refractivity (Wildman–Crippen MR) is 65.8 cm³/mol. The first-order valence-corrected chi connectivity index (χ1v) is 5.92. The summed E-state index contributed by atoms with van der Waals surface area (Å²) in [4.78, 5) is 22.0. The Kier molecular flexibility index (Phi) is 3.19. The summed E-state index contributed by atoms with van der Waals surface area (Å²) in [5.74, 6) is 0.123. The summed E-state index contributed by atoms with van der Waals surface area (Å²) in [5.41, 5.74) is 1.37. The molecule has 0 spiro atoms. The normalized spacial score (nSPS) is 10.3. The molecule has 0 saturated heterocycles. The summed E-state index contributed by atoms with van der Waals surface area (Å²) < 4.78 is 5.04. The second kappa shape index (κ2) is 4.63. The van der Waals surface area contributed by atoms with E-state index in [0.717, 1.165) is 10.4 Å². The molecule has 0 radical (unpaired) electrons. The highest BCUT2D eigenvalue weighted by atomic mass is 32.1. The highest BCUT2D eigenvalue weighted by molar-refractivity contribution is 7.14. The maximum atomic E-state index is 12.2. The number of carbonyl (C=O) groups excluding carboxylic acids is 1. The van der Waals surface area contributed by atoms with Crippen molar-refractivity contribution >= 4 is 17.1 Å². The molecule has 17 heavy (non-hydrogen) atoms. The van der Waals surface area contributed by atoms with Crippen LogP contribution < -0.4 is 4.74 Å². The molecule has 0 aliphatic rings. The SMILES string of the molecule is COc1nccnc1C(=O)c1cc(C)c(C)s1. The molecule has 0 aliphatic heterocycles. The first-order chi connectivity index (χ1) is 8.13. The third kappa shape index (κ3) is 2.19. The number of carbonyl (C=O) groups is 1. The van der Waals surface area contributed by atoms with Gasteiger partial charge in [0.05, 0.1) is 12.0 Å². The van der Waals surface area contributed by atoms with Gasteiger partial charge in [-0.3, -0.25) is 4.79 Å². The number of rotatable bonds is 3. The Labute approximate surface area is 103 Å². The highest BCUT2D eigenvalue weighted by Crippen LogP contribution is 2.24. The number of nitrogens with zero attached hydrogens (tertiary/aromatic N) is 2. The van der Waals surface area contributed by atoms with Crippen LogP contribution in [0.4, 0.5) is 0 Å². The van der Waals surface area contributed by atoms with Crippen LogP contribution in [-0.2, 0) is 0 Å². The summed E-state index contributed by atoms with van der Waals surface area (Å²) >= 11 is 1.46. The smallest absolute Gasteiger partial charge is 0.243 e. The number of aromatic nitrogens is 2. The zero-order valence-electron chi connectivity index (χ0n) is 9.85. The molecule has 2 aromatic heterocycles. The third-order valence-electron chi connectivity index (χ3n) is 2.46. The second-order valence-corrected chi connectivity index (χ2v) is 4.85. The third-order valence-corrected chi connectivity index (χ3v) is 3.61. The van der Waals surface area contributed by atoms with Crippen molar-refractivity contribution < 1.29 is 9.53 Å². The molecule has 2 aromatic rings. The summed E-state index contributed by atoms with van der Waals surface area (Å²) in [5, 5.41) is 0. The lowest BCUT2D eigenvalue weighted by Crippen LogP contribution is -2.06. The molecule has 88 valence electrons. The number of hydrogen-bond acceptors (Lipinski definition) is 5. The molecule has 0 aliphatic carbocycles. The van der Waals surface area contributed by atoms with Crippen LogP contribution in [0.1, 0.15) is 25.8 Å². The molecule has 0 atom stereocenters. The van der Waals surface area contributed by atoms with Crippen LogP contribution in [0.5, 0.6) is 5.88 Å². The van der Waals surface area contributed by atoms with Gasteiger partial charge in [0.15, 0.2) is 5.69 Å². The number of aryl methyl sites for hydroxylation is 2. The fourth-order valence-corrected chi connectivity index (χ4v) is 2.41. The number of hydrogen-bond donors (Lipinski definition) is 0. The Morgan fingerprint density at radius 2 is 2.00 bits per heavy atom. The Morgan fingerprint density at radius 1 is 1.29 bits per heavy atom. The van der Waals surface area contributed by atoms with Gasteiger partial charge in [-0.1, -0.05) is 0 Å². The van der Waals surface area contributed by atoms with Crippen molar-refractivity contribution in [2.75, 3.05) is 7.11 Å². The molecule has 4 nitrogen and oxygen atoms in total. The van der Waals surface area contributed by atoms with E-state index >= 15 is 0 Å². The minimum Gasteiger partial charge on any atom is -0.479 e. The minimum absolute atomic E-state index is 0.142. The number of thiophene rings is 1. The Hall–Kier alpha value is -1.75. The van der Waals surface area contributed by atoms with Crippen LogP contribution in [0.25, 0.3) is 0 Å². The number of ether oxygens (including phenoxy) is 1. The van der Waals surface area contributed by atoms with Gasteiger partial charge in [0.2, 0.25) is 11.7 Å². The molecule has 0 N–H and O–H groups in total. The average Bonchev–Trinajstić information content (AvgIpc) is 2.68. The zero-order valence-corrected chi connectivity index (χ0v) is 10.7.